The molecule has 118 valence electrons. The Morgan fingerprint density at radius 3 is 2.52 bits per heavy atom. The number of nitrogen functional groups attached to an aromatic ring is 1. The number of benzene rings is 1. The lowest BCUT2D eigenvalue weighted by Gasteiger charge is -2.22. The van der Waals surface area contributed by atoms with Gasteiger partial charge in [0, 0.05) is 19.3 Å². The quantitative estimate of drug-likeness (QED) is 0.734. The van der Waals surface area contributed by atoms with Gasteiger partial charge in [0.2, 0.25) is 15.9 Å². The minimum Gasteiger partial charge on any atom is -0.399 e. The van der Waals surface area contributed by atoms with E-state index in [2.05, 4.69) is 5.32 Å². The molecule has 0 saturated heterocycles. The van der Waals surface area contributed by atoms with Gasteiger partial charge in [-0.2, -0.15) is 4.31 Å². The van der Waals surface area contributed by atoms with E-state index < -0.39 is 10.0 Å². The zero-order chi connectivity index (χ0) is 16.0. The Labute approximate surface area is 126 Å². The van der Waals surface area contributed by atoms with Crippen molar-refractivity contribution < 1.29 is 13.2 Å². The van der Waals surface area contributed by atoms with Crippen LogP contribution in [0.25, 0.3) is 0 Å². The summed E-state index contributed by atoms with van der Waals surface area (Å²) in [6, 6.07) is 4.85. The molecule has 21 heavy (non-hydrogen) atoms. The average molecular weight is 313 g/mol. The van der Waals surface area contributed by atoms with E-state index in [0.717, 1.165) is 0 Å². The van der Waals surface area contributed by atoms with Gasteiger partial charge < -0.3 is 11.1 Å². The first-order chi connectivity index (χ1) is 9.86. The summed E-state index contributed by atoms with van der Waals surface area (Å²) in [6.45, 7) is 3.85. The van der Waals surface area contributed by atoms with Crippen LogP contribution in [0.1, 0.15) is 25.8 Å². The van der Waals surface area contributed by atoms with E-state index in [1.807, 2.05) is 13.8 Å². The Kier molecular flexibility index (Phi) is 6.17. The van der Waals surface area contributed by atoms with Gasteiger partial charge in [-0.25, -0.2) is 8.42 Å². The zero-order valence-corrected chi connectivity index (χ0v) is 13.5. The molecule has 0 saturated carbocycles. The van der Waals surface area contributed by atoms with E-state index in [1.165, 1.54) is 17.4 Å². The Morgan fingerprint density at radius 1 is 1.33 bits per heavy atom. The molecule has 6 nitrogen and oxygen atoms in total. The topological polar surface area (TPSA) is 92.5 Å². The molecule has 1 rings (SSSR count). The molecular formula is C14H23N3O3S. The van der Waals surface area contributed by atoms with Gasteiger partial charge >= 0.3 is 0 Å². The molecule has 0 bridgehead atoms. The van der Waals surface area contributed by atoms with Crippen LogP contribution in [-0.4, -0.2) is 38.8 Å². The number of likely N-dealkylation sites (N-methyl/N-ethyl adjacent to an activating group) is 1. The molecule has 0 aromatic heterocycles. The Bertz CT molecular complexity index is 599. The van der Waals surface area contributed by atoms with Crippen LogP contribution in [0.5, 0.6) is 0 Å². The van der Waals surface area contributed by atoms with E-state index in [-0.39, 0.29) is 23.9 Å². The Balaban J connectivity index is 3.28. The van der Waals surface area contributed by atoms with Gasteiger partial charge in [-0.3, -0.25) is 4.79 Å². The Morgan fingerprint density at radius 2 is 2.00 bits per heavy atom. The van der Waals surface area contributed by atoms with Crippen molar-refractivity contribution in [1.82, 2.24) is 9.62 Å². The molecule has 0 aliphatic carbocycles. The van der Waals surface area contributed by atoms with Crippen LogP contribution in [0.3, 0.4) is 0 Å². The SMILES string of the molecule is CCCN(CC(=O)NC)S(=O)(=O)c1cc(N)ccc1CC. The van der Waals surface area contributed by atoms with Gasteiger partial charge in [-0.05, 0) is 30.5 Å². The molecule has 7 heteroatoms. The normalized spacial score (nSPS) is 11.6. The second-order valence-corrected chi connectivity index (χ2v) is 6.64. The fraction of sp³-hybridized carbons (Fsp3) is 0.500. The lowest BCUT2D eigenvalue weighted by Crippen LogP contribution is -2.40. The van der Waals surface area contributed by atoms with Crippen molar-refractivity contribution in [3.63, 3.8) is 0 Å². The molecule has 0 aliphatic heterocycles. The molecule has 1 amide bonds. The van der Waals surface area contributed by atoms with Crippen molar-refractivity contribution in [3.8, 4) is 0 Å². The third kappa shape index (κ3) is 4.18. The fourth-order valence-corrected chi connectivity index (χ4v) is 3.83. The van der Waals surface area contributed by atoms with Crippen LogP contribution < -0.4 is 11.1 Å². The highest BCUT2D eigenvalue weighted by molar-refractivity contribution is 7.89. The largest absolute Gasteiger partial charge is 0.399 e. The van der Waals surface area contributed by atoms with Crippen LogP contribution in [0, 0.1) is 0 Å². The lowest BCUT2D eigenvalue weighted by atomic mass is 10.1. The first-order valence-electron chi connectivity index (χ1n) is 6.95. The summed E-state index contributed by atoms with van der Waals surface area (Å²) < 4.78 is 26.8. The van der Waals surface area contributed by atoms with Crippen molar-refractivity contribution in [2.75, 3.05) is 25.9 Å². The van der Waals surface area contributed by atoms with Crippen molar-refractivity contribution in [2.24, 2.45) is 0 Å². The van der Waals surface area contributed by atoms with Crippen molar-refractivity contribution in [1.29, 1.82) is 0 Å². The zero-order valence-electron chi connectivity index (χ0n) is 12.7. The first-order valence-corrected chi connectivity index (χ1v) is 8.39. The summed E-state index contributed by atoms with van der Waals surface area (Å²) in [5.41, 5.74) is 6.81. The smallest absolute Gasteiger partial charge is 0.243 e. The van der Waals surface area contributed by atoms with Gasteiger partial charge in [0.1, 0.15) is 0 Å². The maximum atomic E-state index is 12.8. The molecule has 0 atom stereocenters. The maximum absolute atomic E-state index is 12.8. The maximum Gasteiger partial charge on any atom is 0.243 e. The van der Waals surface area contributed by atoms with Gasteiger partial charge in [-0.15, -0.1) is 0 Å². The number of nitrogens with two attached hydrogens (primary N) is 1. The van der Waals surface area contributed by atoms with Gasteiger partial charge in [0.25, 0.3) is 0 Å². The third-order valence-corrected chi connectivity index (χ3v) is 5.09. The highest BCUT2D eigenvalue weighted by Gasteiger charge is 2.27. The second kappa shape index (κ2) is 7.42. The number of nitrogens with one attached hydrogen (secondary N) is 1. The average Bonchev–Trinajstić information content (AvgIpc) is 2.46. The van der Waals surface area contributed by atoms with Gasteiger partial charge in [0.05, 0.1) is 11.4 Å². The summed E-state index contributed by atoms with van der Waals surface area (Å²) in [6.07, 6.45) is 1.20. The summed E-state index contributed by atoms with van der Waals surface area (Å²) in [5.74, 6) is -0.339. The van der Waals surface area contributed by atoms with Crippen molar-refractivity contribution in [3.05, 3.63) is 23.8 Å². The third-order valence-electron chi connectivity index (χ3n) is 3.16. The first kappa shape index (κ1) is 17.5. The number of amides is 1. The molecule has 0 aliphatic rings. The van der Waals surface area contributed by atoms with E-state index in [9.17, 15) is 13.2 Å². The monoisotopic (exact) mass is 313 g/mol. The standard InChI is InChI=1S/C14H23N3O3S/c1-4-8-17(10-14(18)16-3)21(19,20)13-9-12(15)7-6-11(13)5-2/h6-7,9H,4-5,8,10,15H2,1-3H3,(H,16,18). The number of nitrogens with zero attached hydrogens (tertiary/aromatic N) is 1. The number of anilines is 1. The number of hydrogen-bond donors (Lipinski definition) is 2. The molecule has 0 unspecified atom stereocenters. The fourth-order valence-electron chi connectivity index (χ4n) is 2.02. The second-order valence-electron chi connectivity index (χ2n) is 4.73. The molecule has 3 N–H and O–H groups in total. The summed E-state index contributed by atoms with van der Waals surface area (Å²) in [4.78, 5) is 11.7. The minimum atomic E-state index is -3.74. The summed E-state index contributed by atoms with van der Waals surface area (Å²) in [5, 5.41) is 2.45. The van der Waals surface area contributed by atoms with Crippen molar-refractivity contribution >= 4 is 21.6 Å². The number of hydrogen-bond acceptors (Lipinski definition) is 4. The molecule has 1 aromatic carbocycles. The minimum absolute atomic E-state index is 0.183. The number of sulfonamides is 1. The highest BCUT2D eigenvalue weighted by atomic mass is 32.2. The molecule has 0 heterocycles. The molecular weight excluding hydrogens is 290 g/mol. The number of carbonyl (C=O) groups is 1. The molecule has 0 spiro atoms. The molecule has 0 fully saturated rings. The van der Waals surface area contributed by atoms with Crippen molar-refractivity contribution in [2.45, 2.75) is 31.6 Å². The van der Waals surface area contributed by atoms with E-state index >= 15 is 0 Å². The van der Waals surface area contributed by atoms with Gasteiger partial charge in [-0.1, -0.05) is 19.9 Å². The highest BCUT2D eigenvalue weighted by Crippen LogP contribution is 2.23. The number of carbonyl (C=O) groups excluding carboxylic acids is 1. The van der Waals surface area contributed by atoms with Gasteiger partial charge in [0.15, 0.2) is 0 Å². The van der Waals surface area contributed by atoms with E-state index in [4.69, 9.17) is 5.73 Å². The summed E-state index contributed by atoms with van der Waals surface area (Å²) >= 11 is 0. The number of aryl methyl sites for hydroxylation is 1. The molecule has 1 aromatic rings. The summed E-state index contributed by atoms with van der Waals surface area (Å²) in [7, 11) is -2.26. The molecule has 0 radical (unpaired) electrons. The predicted molar refractivity (Wildman–Crippen MR) is 83.3 cm³/mol. The van der Waals surface area contributed by atoms with E-state index in [1.54, 1.807) is 12.1 Å². The Hall–Kier alpha value is -1.60. The van der Waals surface area contributed by atoms with Crippen LogP contribution in [-0.2, 0) is 21.2 Å². The predicted octanol–water partition coefficient (Wildman–Crippen LogP) is 0.978. The lowest BCUT2D eigenvalue weighted by molar-refractivity contribution is -0.120. The van der Waals surface area contributed by atoms with E-state index in [0.29, 0.717) is 24.1 Å². The number of rotatable bonds is 7. The van der Waals surface area contributed by atoms with Crippen LogP contribution in [0.15, 0.2) is 23.1 Å². The van der Waals surface area contributed by atoms with Crippen LogP contribution in [0.2, 0.25) is 0 Å². The van der Waals surface area contributed by atoms with Crippen LogP contribution >= 0.6 is 0 Å². The van der Waals surface area contributed by atoms with Crippen LogP contribution in [0.4, 0.5) is 5.69 Å².